The summed E-state index contributed by atoms with van der Waals surface area (Å²) in [4.78, 5) is 8.42. The summed E-state index contributed by atoms with van der Waals surface area (Å²) in [7, 11) is 3.22. The summed E-state index contributed by atoms with van der Waals surface area (Å²) in [5.74, 6) is 0.782. The molecule has 1 N–H and O–H groups in total. The molecule has 1 aromatic rings. The molecule has 0 bridgehead atoms. The molecular formula is C12H21N3O2. The topological polar surface area (TPSA) is 56.3 Å². The Labute approximate surface area is 103 Å². The normalized spacial score (nSPS) is 11.9. The Balaban J connectivity index is 2.66. The summed E-state index contributed by atoms with van der Waals surface area (Å²) in [5.41, 5.74) is 1.02. The van der Waals surface area contributed by atoms with Gasteiger partial charge < -0.3 is 14.8 Å². The van der Waals surface area contributed by atoms with Gasteiger partial charge in [-0.25, -0.2) is 9.97 Å². The zero-order valence-corrected chi connectivity index (χ0v) is 11.2. The van der Waals surface area contributed by atoms with Gasteiger partial charge in [-0.2, -0.15) is 0 Å². The van der Waals surface area contributed by atoms with E-state index in [1.54, 1.807) is 20.5 Å². The molecule has 96 valence electrons. The quantitative estimate of drug-likeness (QED) is 0.794. The lowest BCUT2D eigenvalue weighted by molar-refractivity contribution is -0.0914. The lowest BCUT2D eigenvalue weighted by Gasteiger charge is -2.19. The van der Waals surface area contributed by atoms with Crippen LogP contribution in [0.1, 0.15) is 26.5 Å². The Morgan fingerprint density at radius 1 is 1.24 bits per heavy atom. The first-order valence-electron chi connectivity index (χ1n) is 5.59. The van der Waals surface area contributed by atoms with Gasteiger partial charge in [-0.1, -0.05) is 20.8 Å². The number of ether oxygens (including phenoxy) is 2. The van der Waals surface area contributed by atoms with Crippen molar-refractivity contribution in [3.63, 3.8) is 0 Å². The number of nitrogens with one attached hydrogen (secondary N) is 1. The van der Waals surface area contributed by atoms with Gasteiger partial charge in [0.05, 0.1) is 12.2 Å². The Morgan fingerprint density at radius 2 is 1.88 bits per heavy atom. The zero-order chi connectivity index (χ0) is 12.9. The monoisotopic (exact) mass is 239 g/mol. The minimum Gasteiger partial charge on any atom is -0.365 e. The maximum atomic E-state index is 5.09. The highest BCUT2D eigenvalue weighted by Crippen LogP contribution is 2.20. The molecule has 0 fully saturated rings. The molecule has 0 amide bonds. The standard InChI is InChI=1S/C12H21N3O2/c1-12(2,3)9-6-10(15-8-14-9)13-7-11(16-4)17-5/h6,8,11H,7H2,1-5H3,(H,13,14,15). The van der Waals surface area contributed by atoms with Crippen LogP contribution in [-0.2, 0) is 14.9 Å². The van der Waals surface area contributed by atoms with Crippen LogP contribution in [0.3, 0.4) is 0 Å². The fraction of sp³-hybridized carbons (Fsp3) is 0.667. The van der Waals surface area contributed by atoms with Crippen LogP contribution >= 0.6 is 0 Å². The third-order valence-corrected chi connectivity index (χ3v) is 2.41. The summed E-state index contributed by atoms with van der Waals surface area (Å²) >= 11 is 0. The number of rotatable bonds is 5. The second-order valence-electron chi connectivity index (χ2n) is 4.82. The molecule has 5 heteroatoms. The van der Waals surface area contributed by atoms with E-state index in [-0.39, 0.29) is 11.7 Å². The van der Waals surface area contributed by atoms with Gasteiger partial charge in [-0.15, -0.1) is 0 Å². The van der Waals surface area contributed by atoms with Gasteiger partial charge in [-0.05, 0) is 0 Å². The number of methoxy groups -OCH3 is 2. The van der Waals surface area contributed by atoms with Gasteiger partial charge in [0, 0.05) is 25.7 Å². The number of hydrogen-bond donors (Lipinski definition) is 1. The molecule has 0 aliphatic heterocycles. The average molecular weight is 239 g/mol. The SMILES string of the molecule is COC(CNc1cc(C(C)(C)C)ncn1)OC. The van der Waals surface area contributed by atoms with Crippen molar-refractivity contribution in [1.29, 1.82) is 0 Å². The molecular weight excluding hydrogens is 218 g/mol. The minimum absolute atomic E-state index is 0.0152. The van der Waals surface area contributed by atoms with E-state index in [2.05, 4.69) is 36.1 Å². The third-order valence-electron chi connectivity index (χ3n) is 2.41. The first-order chi connectivity index (χ1) is 7.97. The molecule has 0 unspecified atom stereocenters. The summed E-state index contributed by atoms with van der Waals surface area (Å²) in [6.45, 7) is 6.90. The van der Waals surface area contributed by atoms with Crippen LogP contribution in [0.2, 0.25) is 0 Å². The zero-order valence-electron chi connectivity index (χ0n) is 11.2. The third kappa shape index (κ3) is 4.28. The molecule has 1 heterocycles. The highest BCUT2D eigenvalue weighted by Gasteiger charge is 2.16. The first-order valence-corrected chi connectivity index (χ1v) is 5.59. The molecule has 0 radical (unpaired) electrons. The van der Waals surface area contributed by atoms with E-state index in [1.165, 1.54) is 0 Å². The Hall–Kier alpha value is -1.20. The van der Waals surface area contributed by atoms with Crippen molar-refractivity contribution in [2.45, 2.75) is 32.5 Å². The maximum Gasteiger partial charge on any atom is 0.173 e. The number of hydrogen-bond acceptors (Lipinski definition) is 5. The molecule has 0 aromatic carbocycles. The average Bonchev–Trinajstić information content (AvgIpc) is 2.30. The van der Waals surface area contributed by atoms with Crippen LogP contribution in [-0.4, -0.2) is 37.0 Å². The summed E-state index contributed by atoms with van der Waals surface area (Å²) in [6.07, 6.45) is 1.29. The smallest absolute Gasteiger partial charge is 0.173 e. The molecule has 0 saturated carbocycles. The van der Waals surface area contributed by atoms with Crippen molar-refractivity contribution in [1.82, 2.24) is 9.97 Å². The fourth-order valence-electron chi connectivity index (χ4n) is 1.31. The van der Waals surface area contributed by atoms with Crippen molar-refractivity contribution >= 4 is 5.82 Å². The van der Waals surface area contributed by atoms with Gasteiger partial charge in [0.2, 0.25) is 0 Å². The van der Waals surface area contributed by atoms with Crippen molar-refractivity contribution in [2.75, 3.05) is 26.1 Å². The Morgan fingerprint density at radius 3 is 2.41 bits per heavy atom. The molecule has 0 aliphatic carbocycles. The van der Waals surface area contributed by atoms with Crippen molar-refractivity contribution in [3.8, 4) is 0 Å². The van der Waals surface area contributed by atoms with Crippen LogP contribution in [0.5, 0.6) is 0 Å². The molecule has 0 aliphatic rings. The second kappa shape index (κ2) is 5.93. The lowest BCUT2D eigenvalue weighted by atomic mass is 9.92. The van der Waals surface area contributed by atoms with Gasteiger partial charge in [-0.3, -0.25) is 0 Å². The molecule has 0 saturated heterocycles. The predicted molar refractivity (Wildman–Crippen MR) is 67.0 cm³/mol. The maximum absolute atomic E-state index is 5.09. The summed E-state index contributed by atoms with van der Waals surface area (Å²) in [5, 5.41) is 3.16. The Bertz CT molecular complexity index is 346. The molecule has 5 nitrogen and oxygen atoms in total. The van der Waals surface area contributed by atoms with Crippen LogP contribution in [0.25, 0.3) is 0 Å². The number of nitrogens with zero attached hydrogens (tertiary/aromatic N) is 2. The van der Waals surface area contributed by atoms with E-state index in [1.807, 2.05) is 6.07 Å². The predicted octanol–water partition coefficient (Wildman–Crippen LogP) is 1.80. The van der Waals surface area contributed by atoms with E-state index < -0.39 is 0 Å². The summed E-state index contributed by atoms with van der Waals surface area (Å²) < 4.78 is 10.2. The molecule has 0 spiro atoms. The van der Waals surface area contributed by atoms with E-state index >= 15 is 0 Å². The van der Waals surface area contributed by atoms with Crippen molar-refractivity contribution in [2.24, 2.45) is 0 Å². The van der Waals surface area contributed by atoms with Crippen molar-refractivity contribution < 1.29 is 9.47 Å². The van der Waals surface area contributed by atoms with E-state index in [9.17, 15) is 0 Å². The van der Waals surface area contributed by atoms with Crippen molar-refractivity contribution in [3.05, 3.63) is 18.1 Å². The van der Waals surface area contributed by atoms with Crippen LogP contribution in [0.4, 0.5) is 5.82 Å². The van der Waals surface area contributed by atoms with E-state index in [0.717, 1.165) is 11.5 Å². The minimum atomic E-state index is -0.275. The summed E-state index contributed by atoms with van der Waals surface area (Å²) in [6, 6.07) is 1.95. The van der Waals surface area contributed by atoms with E-state index in [4.69, 9.17) is 9.47 Å². The Kier molecular flexibility index (Phi) is 4.84. The number of aromatic nitrogens is 2. The van der Waals surface area contributed by atoms with Gasteiger partial charge in [0.1, 0.15) is 12.1 Å². The number of anilines is 1. The molecule has 1 aromatic heterocycles. The fourth-order valence-corrected chi connectivity index (χ4v) is 1.31. The first kappa shape index (κ1) is 13.9. The van der Waals surface area contributed by atoms with Crippen LogP contribution in [0, 0.1) is 0 Å². The highest BCUT2D eigenvalue weighted by atomic mass is 16.7. The van der Waals surface area contributed by atoms with Gasteiger partial charge in [0.25, 0.3) is 0 Å². The highest BCUT2D eigenvalue weighted by molar-refractivity contribution is 5.36. The van der Waals surface area contributed by atoms with Gasteiger partial charge in [0.15, 0.2) is 6.29 Å². The van der Waals surface area contributed by atoms with Crippen LogP contribution in [0.15, 0.2) is 12.4 Å². The van der Waals surface area contributed by atoms with Crippen LogP contribution < -0.4 is 5.32 Å². The van der Waals surface area contributed by atoms with Gasteiger partial charge >= 0.3 is 0 Å². The molecule has 17 heavy (non-hydrogen) atoms. The second-order valence-corrected chi connectivity index (χ2v) is 4.82. The largest absolute Gasteiger partial charge is 0.365 e. The lowest BCUT2D eigenvalue weighted by Crippen LogP contribution is -2.24. The van der Waals surface area contributed by atoms with E-state index in [0.29, 0.717) is 6.54 Å². The molecule has 1 rings (SSSR count). The molecule has 0 atom stereocenters.